The highest BCUT2D eigenvalue weighted by Gasteiger charge is 2.15. The highest BCUT2D eigenvalue weighted by Crippen LogP contribution is 2.29. The summed E-state index contributed by atoms with van der Waals surface area (Å²) in [5.74, 6) is -1.01. The van der Waals surface area contributed by atoms with Crippen LogP contribution in [0.25, 0.3) is 11.3 Å². The molecular formula is C12H10Cl2N2O2. The minimum atomic E-state index is -1.01. The number of nitrogens with zero attached hydrogens (tertiary/aromatic N) is 2. The van der Waals surface area contributed by atoms with Gasteiger partial charge in [-0.15, -0.1) is 0 Å². The normalized spacial score (nSPS) is 10.6. The van der Waals surface area contributed by atoms with Gasteiger partial charge in [-0.2, -0.15) is 5.10 Å². The van der Waals surface area contributed by atoms with E-state index in [2.05, 4.69) is 5.10 Å². The van der Waals surface area contributed by atoms with E-state index >= 15 is 0 Å². The van der Waals surface area contributed by atoms with Crippen LogP contribution in [0.2, 0.25) is 10.0 Å². The smallest absolute Gasteiger partial charge is 0.354 e. The molecule has 0 unspecified atom stereocenters. The van der Waals surface area contributed by atoms with Crippen molar-refractivity contribution in [1.29, 1.82) is 0 Å². The molecule has 2 rings (SSSR count). The monoisotopic (exact) mass is 284 g/mol. The van der Waals surface area contributed by atoms with Crippen LogP contribution in [0.3, 0.4) is 0 Å². The van der Waals surface area contributed by atoms with Crippen LogP contribution in [0.15, 0.2) is 24.3 Å². The standard InChI is InChI=1S/C12H10Cl2N2O2/c1-2-16-11(12(17)18)6-10(15-16)8-4-3-7(13)5-9(8)14/h3-6H,2H2,1H3,(H,17,18). The zero-order chi connectivity index (χ0) is 13.3. The van der Waals surface area contributed by atoms with Gasteiger partial charge >= 0.3 is 5.97 Å². The van der Waals surface area contributed by atoms with Gasteiger partial charge in [0, 0.05) is 17.1 Å². The summed E-state index contributed by atoms with van der Waals surface area (Å²) < 4.78 is 1.42. The Kier molecular flexibility index (Phi) is 3.59. The molecule has 0 aliphatic heterocycles. The zero-order valence-corrected chi connectivity index (χ0v) is 11.0. The summed E-state index contributed by atoms with van der Waals surface area (Å²) in [5, 5.41) is 14.2. The molecule has 1 aromatic heterocycles. The minimum absolute atomic E-state index is 0.138. The highest BCUT2D eigenvalue weighted by atomic mass is 35.5. The summed E-state index contributed by atoms with van der Waals surface area (Å²) in [7, 11) is 0. The molecule has 0 amide bonds. The van der Waals surface area contributed by atoms with Crippen LogP contribution in [-0.4, -0.2) is 20.9 Å². The van der Waals surface area contributed by atoms with E-state index in [1.165, 1.54) is 10.7 Å². The summed E-state index contributed by atoms with van der Waals surface area (Å²) in [5.41, 5.74) is 1.32. The molecule has 0 aliphatic carbocycles. The summed E-state index contributed by atoms with van der Waals surface area (Å²) in [4.78, 5) is 11.0. The summed E-state index contributed by atoms with van der Waals surface area (Å²) in [6.45, 7) is 2.31. The molecule has 0 saturated carbocycles. The lowest BCUT2D eigenvalue weighted by Crippen LogP contribution is -2.08. The average molecular weight is 285 g/mol. The second-order valence-electron chi connectivity index (χ2n) is 3.66. The van der Waals surface area contributed by atoms with Gasteiger partial charge in [-0.25, -0.2) is 4.79 Å². The molecule has 0 fully saturated rings. The number of carboxylic acids is 1. The summed E-state index contributed by atoms with van der Waals surface area (Å²) in [6.07, 6.45) is 0. The largest absolute Gasteiger partial charge is 0.477 e. The number of hydrogen-bond acceptors (Lipinski definition) is 2. The van der Waals surface area contributed by atoms with E-state index in [1.807, 2.05) is 6.92 Å². The molecule has 4 nitrogen and oxygen atoms in total. The van der Waals surface area contributed by atoms with Crippen LogP contribution < -0.4 is 0 Å². The van der Waals surface area contributed by atoms with E-state index in [0.717, 1.165) is 0 Å². The second kappa shape index (κ2) is 5.00. The van der Waals surface area contributed by atoms with E-state index in [9.17, 15) is 4.79 Å². The third kappa shape index (κ3) is 2.35. The molecular weight excluding hydrogens is 275 g/mol. The first kappa shape index (κ1) is 12.9. The van der Waals surface area contributed by atoms with Gasteiger partial charge in [-0.1, -0.05) is 23.2 Å². The molecule has 0 atom stereocenters. The maximum atomic E-state index is 11.0. The van der Waals surface area contributed by atoms with E-state index < -0.39 is 5.97 Å². The lowest BCUT2D eigenvalue weighted by atomic mass is 10.1. The highest BCUT2D eigenvalue weighted by molar-refractivity contribution is 6.36. The fourth-order valence-electron chi connectivity index (χ4n) is 1.66. The van der Waals surface area contributed by atoms with Crippen LogP contribution in [-0.2, 0) is 6.54 Å². The molecule has 0 spiro atoms. The molecule has 2 aromatic rings. The number of halogens is 2. The number of hydrogen-bond donors (Lipinski definition) is 1. The second-order valence-corrected chi connectivity index (χ2v) is 4.50. The van der Waals surface area contributed by atoms with Gasteiger partial charge in [0.15, 0.2) is 0 Å². The number of rotatable bonds is 3. The van der Waals surface area contributed by atoms with Gasteiger partial charge in [-0.3, -0.25) is 4.68 Å². The van der Waals surface area contributed by atoms with Crippen molar-refractivity contribution in [2.24, 2.45) is 0 Å². The fourth-order valence-corrected chi connectivity index (χ4v) is 2.16. The van der Waals surface area contributed by atoms with E-state index in [1.54, 1.807) is 18.2 Å². The lowest BCUT2D eigenvalue weighted by Gasteiger charge is -2.01. The number of aryl methyl sites for hydroxylation is 1. The Morgan fingerprint density at radius 1 is 1.39 bits per heavy atom. The molecule has 1 N–H and O–H groups in total. The molecule has 1 aromatic carbocycles. The van der Waals surface area contributed by atoms with Crippen molar-refractivity contribution in [3.05, 3.63) is 40.0 Å². The molecule has 1 heterocycles. The maximum Gasteiger partial charge on any atom is 0.354 e. The van der Waals surface area contributed by atoms with Crippen LogP contribution in [0.5, 0.6) is 0 Å². The van der Waals surface area contributed by atoms with Gasteiger partial charge in [-0.05, 0) is 31.2 Å². The van der Waals surface area contributed by atoms with Crippen molar-refractivity contribution >= 4 is 29.2 Å². The van der Waals surface area contributed by atoms with Crippen LogP contribution >= 0.6 is 23.2 Å². The van der Waals surface area contributed by atoms with Gasteiger partial charge in [0.25, 0.3) is 0 Å². The van der Waals surface area contributed by atoms with E-state index in [0.29, 0.717) is 27.8 Å². The number of carboxylic acid groups (broad SMARTS) is 1. The topological polar surface area (TPSA) is 55.1 Å². The Hall–Kier alpha value is -1.52. The lowest BCUT2D eigenvalue weighted by molar-refractivity contribution is 0.0683. The molecule has 0 radical (unpaired) electrons. The Labute approximate surface area is 114 Å². The minimum Gasteiger partial charge on any atom is -0.477 e. The van der Waals surface area contributed by atoms with Crippen LogP contribution in [0.4, 0.5) is 0 Å². The van der Waals surface area contributed by atoms with Gasteiger partial charge in [0.1, 0.15) is 5.69 Å². The maximum absolute atomic E-state index is 11.0. The number of aromatic nitrogens is 2. The van der Waals surface area contributed by atoms with Crippen molar-refractivity contribution in [3.63, 3.8) is 0 Å². The van der Waals surface area contributed by atoms with E-state index in [4.69, 9.17) is 28.3 Å². The van der Waals surface area contributed by atoms with Gasteiger partial charge in [0.2, 0.25) is 0 Å². The van der Waals surface area contributed by atoms with Crippen molar-refractivity contribution in [1.82, 2.24) is 9.78 Å². The Bertz CT molecular complexity index is 608. The summed E-state index contributed by atoms with van der Waals surface area (Å²) >= 11 is 11.9. The van der Waals surface area contributed by atoms with Crippen LogP contribution in [0, 0.1) is 0 Å². The molecule has 0 saturated heterocycles. The average Bonchev–Trinajstić information content (AvgIpc) is 2.73. The van der Waals surface area contributed by atoms with Crippen molar-refractivity contribution < 1.29 is 9.90 Å². The molecule has 18 heavy (non-hydrogen) atoms. The third-order valence-corrected chi connectivity index (χ3v) is 3.05. The molecule has 0 aliphatic rings. The number of benzene rings is 1. The summed E-state index contributed by atoms with van der Waals surface area (Å²) in [6, 6.07) is 6.51. The molecule has 94 valence electrons. The third-order valence-electron chi connectivity index (χ3n) is 2.51. The quantitative estimate of drug-likeness (QED) is 0.937. The Morgan fingerprint density at radius 2 is 2.11 bits per heavy atom. The first-order valence-corrected chi connectivity index (χ1v) is 6.05. The first-order chi connectivity index (χ1) is 8.52. The SMILES string of the molecule is CCn1nc(-c2ccc(Cl)cc2Cl)cc1C(=O)O. The molecule has 6 heteroatoms. The predicted molar refractivity (Wildman–Crippen MR) is 70.3 cm³/mol. The van der Waals surface area contributed by atoms with Gasteiger partial charge < -0.3 is 5.11 Å². The number of carbonyl (C=O) groups is 1. The molecule has 0 bridgehead atoms. The Morgan fingerprint density at radius 3 is 2.61 bits per heavy atom. The number of aromatic carboxylic acids is 1. The zero-order valence-electron chi connectivity index (χ0n) is 9.52. The van der Waals surface area contributed by atoms with Crippen LogP contribution in [0.1, 0.15) is 17.4 Å². The van der Waals surface area contributed by atoms with Crippen molar-refractivity contribution in [2.45, 2.75) is 13.5 Å². The fraction of sp³-hybridized carbons (Fsp3) is 0.167. The predicted octanol–water partition coefficient (Wildman–Crippen LogP) is 3.58. The van der Waals surface area contributed by atoms with Crippen molar-refractivity contribution in [3.8, 4) is 11.3 Å². The van der Waals surface area contributed by atoms with Gasteiger partial charge in [0.05, 0.1) is 10.7 Å². The Balaban J connectivity index is 2.54. The van der Waals surface area contributed by atoms with E-state index in [-0.39, 0.29) is 5.69 Å². The van der Waals surface area contributed by atoms with Crippen molar-refractivity contribution in [2.75, 3.05) is 0 Å². The first-order valence-electron chi connectivity index (χ1n) is 5.29.